The lowest BCUT2D eigenvalue weighted by molar-refractivity contribution is 0.187. The highest BCUT2D eigenvalue weighted by atomic mass is 35.5. The predicted octanol–water partition coefficient (Wildman–Crippen LogP) is 4.18. The molecule has 1 atom stereocenters. The van der Waals surface area contributed by atoms with Crippen LogP contribution >= 0.6 is 11.6 Å². The van der Waals surface area contributed by atoms with Crippen LogP contribution in [0.25, 0.3) is 16.7 Å². The standard InChI is InChI=1S/C25H22ClN7/c26-20-7-3-5-17(13-27)21(20)33-15-18-14-29-24(30-23(18)31-33)32-10-8-25(9-11-32)12-16-4-1-2-6-19(16)22(25)28/h1-7,14-15,22H,8-12,28H2/t22-/m1/s1. The van der Waals surface area contributed by atoms with Crippen molar-refractivity contribution < 1.29 is 0 Å². The van der Waals surface area contributed by atoms with Crippen molar-refractivity contribution in [2.24, 2.45) is 11.1 Å². The Morgan fingerprint density at radius 2 is 1.94 bits per heavy atom. The van der Waals surface area contributed by atoms with Crippen molar-refractivity contribution in [3.63, 3.8) is 0 Å². The lowest BCUT2D eigenvalue weighted by Crippen LogP contribution is -2.44. The van der Waals surface area contributed by atoms with Crippen molar-refractivity contribution in [1.82, 2.24) is 19.7 Å². The van der Waals surface area contributed by atoms with Crippen molar-refractivity contribution in [3.8, 4) is 11.8 Å². The zero-order valence-corrected chi connectivity index (χ0v) is 18.7. The number of piperidine rings is 1. The van der Waals surface area contributed by atoms with E-state index in [1.165, 1.54) is 11.1 Å². The minimum atomic E-state index is 0.0832. The number of hydrogen-bond donors (Lipinski definition) is 1. The summed E-state index contributed by atoms with van der Waals surface area (Å²) in [7, 11) is 0. The summed E-state index contributed by atoms with van der Waals surface area (Å²) in [5.74, 6) is 0.673. The molecular formula is C25H22ClN7. The Morgan fingerprint density at radius 3 is 2.73 bits per heavy atom. The smallest absolute Gasteiger partial charge is 0.227 e. The Kier molecular flexibility index (Phi) is 4.61. The van der Waals surface area contributed by atoms with Crippen LogP contribution in [0.1, 0.15) is 35.6 Å². The third-order valence-corrected chi connectivity index (χ3v) is 7.52. The number of nitrogens with zero attached hydrogens (tertiary/aromatic N) is 6. The van der Waals surface area contributed by atoms with Crippen LogP contribution in [0.4, 0.5) is 5.95 Å². The fraction of sp³-hybridized carbons (Fsp3) is 0.280. The molecule has 8 heteroatoms. The zero-order chi connectivity index (χ0) is 22.6. The molecule has 4 aromatic rings. The molecule has 1 aliphatic carbocycles. The molecule has 1 fully saturated rings. The molecule has 164 valence electrons. The van der Waals surface area contributed by atoms with E-state index in [0.29, 0.717) is 27.9 Å². The maximum absolute atomic E-state index is 9.46. The number of nitriles is 1. The summed E-state index contributed by atoms with van der Waals surface area (Å²) in [6.07, 6.45) is 6.64. The SMILES string of the molecule is N#Cc1cccc(Cl)c1-n1cc2cnc(N3CCC4(CC3)Cc3ccccc3[C@H]4N)nc2n1. The van der Waals surface area contributed by atoms with Crippen molar-refractivity contribution in [3.05, 3.63) is 76.6 Å². The van der Waals surface area contributed by atoms with Gasteiger partial charge in [-0.2, -0.15) is 10.2 Å². The monoisotopic (exact) mass is 455 g/mol. The van der Waals surface area contributed by atoms with Crippen molar-refractivity contribution >= 4 is 28.6 Å². The summed E-state index contributed by atoms with van der Waals surface area (Å²) in [6, 6.07) is 16.0. The molecule has 1 spiro atoms. The summed E-state index contributed by atoms with van der Waals surface area (Å²) >= 11 is 6.36. The van der Waals surface area contributed by atoms with Gasteiger partial charge in [0.2, 0.25) is 5.95 Å². The highest BCUT2D eigenvalue weighted by Crippen LogP contribution is 2.50. The van der Waals surface area contributed by atoms with E-state index in [-0.39, 0.29) is 11.5 Å². The molecule has 0 saturated carbocycles. The average molecular weight is 456 g/mol. The van der Waals surface area contributed by atoms with Crippen molar-refractivity contribution in [2.45, 2.75) is 25.3 Å². The Bertz CT molecular complexity index is 1410. The summed E-state index contributed by atoms with van der Waals surface area (Å²) in [5, 5.41) is 15.3. The molecule has 0 radical (unpaired) electrons. The molecule has 2 aliphatic rings. The minimum absolute atomic E-state index is 0.0832. The number of fused-ring (bicyclic) bond motifs is 2. The van der Waals surface area contributed by atoms with Gasteiger partial charge in [0.05, 0.1) is 16.0 Å². The van der Waals surface area contributed by atoms with E-state index in [0.717, 1.165) is 37.7 Å². The summed E-state index contributed by atoms with van der Waals surface area (Å²) in [5.41, 5.74) is 11.1. The summed E-state index contributed by atoms with van der Waals surface area (Å²) in [4.78, 5) is 11.6. The van der Waals surface area contributed by atoms with Crippen LogP contribution in [0.15, 0.2) is 54.9 Å². The normalized spacial score (nSPS) is 19.1. The highest BCUT2D eigenvalue weighted by Gasteiger charge is 2.46. The number of anilines is 1. The molecule has 0 unspecified atom stereocenters. The van der Waals surface area contributed by atoms with Gasteiger partial charge in [0.25, 0.3) is 0 Å². The summed E-state index contributed by atoms with van der Waals surface area (Å²) < 4.78 is 1.62. The van der Waals surface area contributed by atoms with Gasteiger partial charge in [-0.15, -0.1) is 5.10 Å². The number of halogens is 1. The highest BCUT2D eigenvalue weighted by molar-refractivity contribution is 6.32. The van der Waals surface area contributed by atoms with Crippen molar-refractivity contribution in [1.29, 1.82) is 5.26 Å². The molecule has 0 amide bonds. The third-order valence-electron chi connectivity index (χ3n) is 7.22. The van der Waals surface area contributed by atoms with E-state index in [2.05, 4.69) is 45.3 Å². The van der Waals surface area contributed by atoms with Gasteiger partial charge in [-0.1, -0.05) is 41.9 Å². The molecule has 2 aromatic heterocycles. The largest absolute Gasteiger partial charge is 0.341 e. The summed E-state index contributed by atoms with van der Waals surface area (Å²) in [6.45, 7) is 1.72. The van der Waals surface area contributed by atoms with Crippen LogP contribution in [-0.4, -0.2) is 32.8 Å². The molecule has 7 nitrogen and oxygen atoms in total. The van der Waals surface area contributed by atoms with Gasteiger partial charge in [0.1, 0.15) is 11.8 Å². The maximum Gasteiger partial charge on any atom is 0.227 e. The van der Waals surface area contributed by atoms with Gasteiger partial charge < -0.3 is 10.6 Å². The Labute approximate surface area is 196 Å². The first-order valence-corrected chi connectivity index (χ1v) is 11.5. The third kappa shape index (κ3) is 3.17. The zero-order valence-electron chi connectivity index (χ0n) is 17.9. The molecule has 1 aliphatic heterocycles. The number of nitrogens with two attached hydrogens (primary N) is 1. The Hall–Kier alpha value is -3.47. The topological polar surface area (TPSA) is 96.7 Å². The second-order valence-corrected chi connectivity index (χ2v) is 9.38. The maximum atomic E-state index is 9.46. The molecular weight excluding hydrogens is 434 g/mol. The average Bonchev–Trinajstić information content (AvgIpc) is 3.38. The second kappa shape index (κ2) is 7.55. The number of benzene rings is 2. The molecule has 0 bridgehead atoms. The van der Waals surface area contributed by atoms with Crippen molar-refractivity contribution in [2.75, 3.05) is 18.0 Å². The van der Waals surface area contributed by atoms with Crippen LogP contribution in [-0.2, 0) is 6.42 Å². The Balaban J connectivity index is 1.26. The number of rotatable bonds is 2. The van der Waals surface area contributed by atoms with Gasteiger partial charge in [-0.05, 0) is 47.9 Å². The van der Waals surface area contributed by atoms with E-state index in [9.17, 15) is 5.26 Å². The quantitative estimate of drug-likeness (QED) is 0.487. The van der Waals surface area contributed by atoms with Gasteiger partial charge in [-0.25, -0.2) is 9.67 Å². The van der Waals surface area contributed by atoms with Gasteiger partial charge in [0, 0.05) is 31.5 Å². The molecule has 2 N–H and O–H groups in total. The van der Waals surface area contributed by atoms with Crippen LogP contribution < -0.4 is 10.6 Å². The van der Waals surface area contributed by atoms with E-state index < -0.39 is 0 Å². The molecule has 33 heavy (non-hydrogen) atoms. The lowest BCUT2D eigenvalue weighted by Gasteiger charge is -2.42. The molecule has 3 heterocycles. The fourth-order valence-electron chi connectivity index (χ4n) is 5.37. The Morgan fingerprint density at radius 1 is 1.12 bits per heavy atom. The number of para-hydroxylation sites is 1. The second-order valence-electron chi connectivity index (χ2n) is 8.97. The van der Waals surface area contributed by atoms with Crippen LogP contribution in [0.2, 0.25) is 5.02 Å². The first-order chi connectivity index (χ1) is 16.1. The van der Waals surface area contributed by atoms with Gasteiger partial charge in [-0.3, -0.25) is 0 Å². The van der Waals surface area contributed by atoms with Crippen LogP contribution in [0, 0.1) is 16.7 Å². The lowest BCUT2D eigenvalue weighted by atomic mass is 9.73. The van der Waals surface area contributed by atoms with E-state index in [1.54, 1.807) is 35.3 Å². The predicted molar refractivity (Wildman–Crippen MR) is 127 cm³/mol. The van der Waals surface area contributed by atoms with Gasteiger partial charge >= 0.3 is 0 Å². The van der Waals surface area contributed by atoms with E-state index in [4.69, 9.17) is 22.3 Å². The van der Waals surface area contributed by atoms with Crippen LogP contribution in [0.5, 0.6) is 0 Å². The number of hydrogen-bond acceptors (Lipinski definition) is 6. The molecule has 2 aromatic carbocycles. The molecule has 6 rings (SSSR count). The number of aromatic nitrogens is 4. The van der Waals surface area contributed by atoms with Crippen LogP contribution in [0.3, 0.4) is 0 Å². The first kappa shape index (κ1) is 20.2. The van der Waals surface area contributed by atoms with E-state index in [1.807, 2.05) is 0 Å². The first-order valence-electron chi connectivity index (χ1n) is 11.1. The molecule has 1 saturated heterocycles. The van der Waals surface area contributed by atoms with Gasteiger partial charge in [0.15, 0.2) is 5.65 Å². The minimum Gasteiger partial charge on any atom is -0.341 e. The fourth-order valence-corrected chi connectivity index (χ4v) is 5.63. The van der Waals surface area contributed by atoms with E-state index >= 15 is 0 Å².